The van der Waals surface area contributed by atoms with E-state index in [0.29, 0.717) is 0 Å². The van der Waals surface area contributed by atoms with E-state index in [2.05, 4.69) is 253 Å². The summed E-state index contributed by atoms with van der Waals surface area (Å²) in [4.78, 5) is 4.68. The molecule has 0 spiro atoms. The zero-order chi connectivity index (χ0) is 41.4. The molecular weight excluding hydrogens is 753 g/mol. The van der Waals surface area contributed by atoms with Crippen LogP contribution in [0.3, 0.4) is 0 Å². The summed E-state index contributed by atoms with van der Waals surface area (Å²) in [6.07, 6.45) is 0. The van der Waals surface area contributed by atoms with Gasteiger partial charge in [0.15, 0.2) is 0 Å². The average molecular weight is 795 g/mol. The Labute approximate surface area is 362 Å². The molecule has 0 atom stereocenters. The molecule has 11 rings (SSSR count). The van der Waals surface area contributed by atoms with Crippen molar-refractivity contribution in [2.75, 3.05) is 9.80 Å². The molecule has 294 valence electrons. The van der Waals surface area contributed by atoms with Crippen molar-refractivity contribution in [2.24, 2.45) is 0 Å². The molecular formula is C59H42N2O. The SMILES string of the molecule is Cc1cccc2oc3cc(N(c4cccc(-c5ccc(-c6ccc(N(c7ccccc7)c7ccccc7)cc6)cc5)c4)c4cc5ccccc5cc4-c4ccccc4)ccc3c12. The predicted octanol–water partition coefficient (Wildman–Crippen LogP) is 17.0. The Bertz CT molecular complexity index is 3300. The number of hydrogen-bond donors (Lipinski definition) is 0. The van der Waals surface area contributed by atoms with Gasteiger partial charge in [-0.3, -0.25) is 0 Å². The first-order valence-corrected chi connectivity index (χ1v) is 21.2. The second kappa shape index (κ2) is 15.8. The van der Waals surface area contributed by atoms with E-state index in [-0.39, 0.29) is 0 Å². The molecule has 0 saturated carbocycles. The van der Waals surface area contributed by atoms with Crippen LogP contribution >= 0.6 is 0 Å². The number of para-hydroxylation sites is 2. The van der Waals surface area contributed by atoms with Gasteiger partial charge in [0.25, 0.3) is 0 Å². The Morgan fingerprint density at radius 1 is 0.323 bits per heavy atom. The van der Waals surface area contributed by atoms with Gasteiger partial charge in [0.05, 0.1) is 5.69 Å². The van der Waals surface area contributed by atoms with E-state index in [1.165, 1.54) is 32.8 Å². The topological polar surface area (TPSA) is 19.6 Å². The molecule has 0 amide bonds. The van der Waals surface area contributed by atoms with Crippen LogP contribution in [0.15, 0.2) is 241 Å². The van der Waals surface area contributed by atoms with Gasteiger partial charge in [-0.15, -0.1) is 0 Å². The van der Waals surface area contributed by atoms with Crippen LogP contribution in [-0.4, -0.2) is 0 Å². The van der Waals surface area contributed by atoms with Crippen LogP contribution in [0.2, 0.25) is 0 Å². The lowest BCUT2D eigenvalue weighted by molar-refractivity contribution is 0.669. The molecule has 10 aromatic carbocycles. The summed E-state index contributed by atoms with van der Waals surface area (Å²) in [6, 6.07) is 84.7. The lowest BCUT2D eigenvalue weighted by atomic mass is 9.96. The highest BCUT2D eigenvalue weighted by atomic mass is 16.3. The Hall–Kier alpha value is -8.14. The maximum absolute atomic E-state index is 6.55. The molecule has 11 aromatic rings. The van der Waals surface area contributed by atoms with Crippen LogP contribution in [0.5, 0.6) is 0 Å². The minimum absolute atomic E-state index is 0.867. The summed E-state index contributed by atoms with van der Waals surface area (Å²) in [5.74, 6) is 0. The van der Waals surface area contributed by atoms with Crippen molar-refractivity contribution in [1.82, 2.24) is 0 Å². The predicted molar refractivity (Wildman–Crippen MR) is 262 cm³/mol. The fourth-order valence-corrected chi connectivity index (χ4v) is 8.90. The Balaban J connectivity index is 0.988. The van der Waals surface area contributed by atoms with Crippen LogP contribution in [0, 0.1) is 6.92 Å². The van der Waals surface area contributed by atoms with Crippen molar-refractivity contribution in [3.8, 4) is 33.4 Å². The summed E-state index contributed by atoms with van der Waals surface area (Å²) in [5.41, 5.74) is 16.5. The van der Waals surface area contributed by atoms with Gasteiger partial charge in [0.1, 0.15) is 11.2 Å². The average Bonchev–Trinajstić information content (AvgIpc) is 3.72. The summed E-state index contributed by atoms with van der Waals surface area (Å²) in [6.45, 7) is 2.15. The normalized spacial score (nSPS) is 11.3. The van der Waals surface area contributed by atoms with Crippen molar-refractivity contribution >= 4 is 66.8 Å². The number of anilines is 6. The lowest BCUT2D eigenvalue weighted by Gasteiger charge is -2.29. The summed E-state index contributed by atoms with van der Waals surface area (Å²) in [5, 5.41) is 4.67. The van der Waals surface area contributed by atoms with Crippen LogP contribution in [0.4, 0.5) is 34.1 Å². The number of nitrogens with zero attached hydrogens (tertiary/aromatic N) is 2. The van der Waals surface area contributed by atoms with Crippen LogP contribution in [0.1, 0.15) is 5.56 Å². The largest absolute Gasteiger partial charge is 0.456 e. The Morgan fingerprint density at radius 3 is 1.50 bits per heavy atom. The first-order chi connectivity index (χ1) is 30.6. The van der Waals surface area contributed by atoms with Gasteiger partial charge in [-0.1, -0.05) is 152 Å². The van der Waals surface area contributed by atoms with Gasteiger partial charge in [-0.2, -0.15) is 0 Å². The minimum Gasteiger partial charge on any atom is -0.456 e. The Kier molecular flexibility index (Phi) is 9.40. The first kappa shape index (κ1) is 36.9. The third-order valence-electron chi connectivity index (χ3n) is 11.9. The molecule has 0 bridgehead atoms. The summed E-state index contributed by atoms with van der Waals surface area (Å²) < 4.78 is 6.55. The number of hydrogen-bond acceptors (Lipinski definition) is 3. The van der Waals surface area contributed by atoms with E-state index in [0.717, 1.165) is 72.9 Å². The zero-order valence-electron chi connectivity index (χ0n) is 34.3. The maximum atomic E-state index is 6.55. The molecule has 0 unspecified atom stereocenters. The van der Waals surface area contributed by atoms with Gasteiger partial charge in [-0.25, -0.2) is 0 Å². The molecule has 3 heteroatoms. The Morgan fingerprint density at radius 2 is 0.823 bits per heavy atom. The van der Waals surface area contributed by atoms with Crippen molar-refractivity contribution in [1.29, 1.82) is 0 Å². The monoisotopic (exact) mass is 794 g/mol. The zero-order valence-corrected chi connectivity index (χ0v) is 34.3. The molecule has 1 aromatic heterocycles. The fourth-order valence-electron chi connectivity index (χ4n) is 8.90. The number of fused-ring (bicyclic) bond motifs is 4. The summed E-state index contributed by atoms with van der Waals surface area (Å²) >= 11 is 0. The fraction of sp³-hybridized carbons (Fsp3) is 0.0169. The molecule has 62 heavy (non-hydrogen) atoms. The summed E-state index contributed by atoms with van der Waals surface area (Å²) in [7, 11) is 0. The maximum Gasteiger partial charge on any atom is 0.137 e. The molecule has 0 aliphatic carbocycles. The third kappa shape index (κ3) is 6.86. The molecule has 0 aliphatic heterocycles. The van der Waals surface area contributed by atoms with Gasteiger partial charge in [0.2, 0.25) is 0 Å². The molecule has 0 radical (unpaired) electrons. The third-order valence-corrected chi connectivity index (χ3v) is 11.9. The van der Waals surface area contributed by atoms with E-state index in [1.54, 1.807) is 0 Å². The highest BCUT2D eigenvalue weighted by Gasteiger charge is 2.21. The van der Waals surface area contributed by atoms with E-state index >= 15 is 0 Å². The van der Waals surface area contributed by atoms with Crippen LogP contribution in [-0.2, 0) is 0 Å². The van der Waals surface area contributed by atoms with Gasteiger partial charge in [-0.05, 0) is 130 Å². The molecule has 0 N–H and O–H groups in total. The van der Waals surface area contributed by atoms with E-state index in [1.807, 2.05) is 0 Å². The van der Waals surface area contributed by atoms with E-state index < -0.39 is 0 Å². The van der Waals surface area contributed by atoms with Gasteiger partial charge in [0, 0.05) is 50.8 Å². The number of benzene rings is 10. The van der Waals surface area contributed by atoms with E-state index in [4.69, 9.17) is 4.42 Å². The van der Waals surface area contributed by atoms with E-state index in [9.17, 15) is 0 Å². The van der Waals surface area contributed by atoms with Gasteiger partial charge >= 0.3 is 0 Å². The number of rotatable bonds is 9. The number of aryl methyl sites for hydroxylation is 1. The second-order valence-electron chi connectivity index (χ2n) is 15.8. The van der Waals surface area contributed by atoms with Crippen molar-refractivity contribution in [3.05, 3.63) is 242 Å². The first-order valence-electron chi connectivity index (χ1n) is 21.2. The lowest BCUT2D eigenvalue weighted by Crippen LogP contribution is -2.11. The molecule has 1 heterocycles. The highest BCUT2D eigenvalue weighted by molar-refractivity contribution is 6.08. The van der Waals surface area contributed by atoms with Crippen LogP contribution < -0.4 is 9.80 Å². The molecule has 3 nitrogen and oxygen atoms in total. The smallest absolute Gasteiger partial charge is 0.137 e. The minimum atomic E-state index is 0.867. The van der Waals surface area contributed by atoms with Gasteiger partial charge < -0.3 is 14.2 Å². The number of furan rings is 1. The van der Waals surface area contributed by atoms with Crippen molar-refractivity contribution < 1.29 is 4.42 Å². The molecule has 0 aliphatic rings. The van der Waals surface area contributed by atoms with Crippen molar-refractivity contribution in [3.63, 3.8) is 0 Å². The molecule has 0 fully saturated rings. The highest BCUT2D eigenvalue weighted by Crippen LogP contribution is 2.45. The standard InChI is InChI=1S/C59H42N2O/c1-41-15-13-26-57-59(41)54-36-35-53(40-58(54)62-57)61(56-39-48-19-12-11-18-47(48)38-55(56)45-16-5-2-6-17-45)52-25-14-20-46(37-52)44-29-27-42(28-30-44)43-31-33-51(34-32-43)60(49-21-7-3-8-22-49)50-23-9-4-10-24-50/h2-40H,1H3. The van der Waals surface area contributed by atoms with Crippen molar-refractivity contribution in [2.45, 2.75) is 6.92 Å². The second-order valence-corrected chi connectivity index (χ2v) is 15.8. The quantitative estimate of drug-likeness (QED) is 0.145. The van der Waals surface area contributed by atoms with Crippen LogP contribution in [0.25, 0.3) is 66.1 Å². The molecule has 0 saturated heterocycles.